The van der Waals surface area contributed by atoms with Crippen molar-refractivity contribution >= 4 is 39.9 Å². The Bertz CT molecular complexity index is 1330. The minimum Gasteiger partial charge on any atom is -0.349 e. The fraction of sp³-hybridized carbons (Fsp3) is 0.286. The molecule has 2 aliphatic rings. The van der Waals surface area contributed by atoms with Crippen LogP contribution in [0.2, 0.25) is 5.02 Å². The van der Waals surface area contributed by atoms with Crippen molar-refractivity contribution in [3.63, 3.8) is 0 Å². The van der Waals surface area contributed by atoms with Gasteiger partial charge in [0.2, 0.25) is 0 Å². The maximum absolute atomic E-state index is 13.7. The van der Waals surface area contributed by atoms with Crippen LogP contribution in [0.4, 0.5) is 5.69 Å². The third-order valence-electron chi connectivity index (χ3n) is 6.93. The molecule has 0 aromatic heterocycles. The zero-order valence-corrected chi connectivity index (χ0v) is 21.1. The molecule has 3 aromatic rings. The van der Waals surface area contributed by atoms with Crippen molar-refractivity contribution in [1.82, 2.24) is 5.32 Å². The van der Waals surface area contributed by atoms with Crippen molar-refractivity contribution < 1.29 is 13.8 Å². The van der Waals surface area contributed by atoms with Crippen LogP contribution in [0.1, 0.15) is 58.9 Å². The fourth-order valence-electron chi connectivity index (χ4n) is 4.96. The Morgan fingerprint density at radius 3 is 2.63 bits per heavy atom. The van der Waals surface area contributed by atoms with Gasteiger partial charge in [-0.3, -0.25) is 9.59 Å². The second-order valence-electron chi connectivity index (χ2n) is 9.31. The number of benzene rings is 3. The molecule has 1 aliphatic heterocycles. The number of halogens is 1. The van der Waals surface area contributed by atoms with Crippen molar-refractivity contribution in [1.29, 1.82) is 0 Å². The summed E-state index contributed by atoms with van der Waals surface area (Å²) in [6.45, 7) is 2.41. The lowest BCUT2D eigenvalue weighted by atomic mass is 9.86. The van der Waals surface area contributed by atoms with Gasteiger partial charge in [0.15, 0.2) is 0 Å². The van der Waals surface area contributed by atoms with E-state index in [9.17, 15) is 13.8 Å². The molecule has 0 bridgehead atoms. The molecular formula is C28H27ClN2O3S. The normalized spacial score (nSPS) is 21.6. The molecule has 3 aromatic carbocycles. The average molecular weight is 507 g/mol. The zero-order chi connectivity index (χ0) is 24.5. The van der Waals surface area contributed by atoms with E-state index < -0.39 is 10.8 Å². The standard InChI is InChI=1S/C28H27ClN2O3S/c1-18-7-2-4-11-23(18)30-27(32)20-13-14-26-24(16-20)31(17-19-8-6-9-21(29)15-19)28(33)22-10-3-5-12-25(22)35(26)34/h3,5-6,8-10,12-16,18,23H,2,4,7,11,17H2,1H3,(H,30,32)/t18-,23+,35+/m1/s1. The van der Waals surface area contributed by atoms with E-state index in [2.05, 4.69) is 12.2 Å². The zero-order valence-electron chi connectivity index (χ0n) is 19.5. The number of nitrogens with zero attached hydrogens (tertiary/aromatic N) is 1. The molecule has 1 saturated carbocycles. The Kier molecular flexibility index (Phi) is 6.76. The van der Waals surface area contributed by atoms with Crippen molar-refractivity contribution in [2.45, 2.75) is 55.0 Å². The van der Waals surface area contributed by atoms with Gasteiger partial charge in [0.25, 0.3) is 11.8 Å². The number of hydrogen-bond acceptors (Lipinski definition) is 3. The lowest BCUT2D eigenvalue weighted by Crippen LogP contribution is -2.41. The lowest BCUT2D eigenvalue weighted by molar-refractivity contribution is 0.0908. The predicted molar refractivity (Wildman–Crippen MR) is 138 cm³/mol. The molecule has 1 aliphatic carbocycles. The van der Waals surface area contributed by atoms with E-state index in [1.807, 2.05) is 18.2 Å². The SMILES string of the molecule is C[C@@H]1CCCC[C@@H]1NC(=O)c1ccc2c(c1)N(Cc1cccc(Cl)c1)C(=O)c1ccccc1[S@@]2=O. The average Bonchev–Trinajstić information content (AvgIpc) is 2.95. The van der Waals surface area contributed by atoms with Crippen LogP contribution in [-0.4, -0.2) is 22.1 Å². The minimum absolute atomic E-state index is 0.137. The van der Waals surface area contributed by atoms with E-state index in [0.717, 1.165) is 24.8 Å². The first-order valence-electron chi connectivity index (χ1n) is 11.9. The van der Waals surface area contributed by atoms with E-state index in [4.69, 9.17) is 11.6 Å². The molecule has 5 nitrogen and oxygen atoms in total. The summed E-state index contributed by atoms with van der Waals surface area (Å²) in [6, 6.07) is 19.5. The molecule has 5 rings (SSSR count). The number of hydrogen-bond donors (Lipinski definition) is 1. The Hall–Kier alpha value is -2.96. The summed E-state index contributed by atoms with van der Waals surface area (Å²) in [4.78, 5) is 29.5. The third kappa shape index (κ3) is 4.78. The van der Waals surface area contributed by atoms with Crippen molar-refractivity contribution in [3.05, 3.63) is 88.4 Å². The van der Waals surface area contributed by atoms with Crippen LogP contribution in [0, 0.1) is 5.92 Å². The lowest BCUT2D eigenvalue weighted by Gasteiger charge is -2.29. The molecule has 1 fully saturated rings. The van der Waals surface area contributed by atoms with Crippen molar-refractivity contribution in [2.75, 3.05) is 4.90 Å². The van der Waals surface area contributed by atoms with Gasteiger partial charge < -0.3 is 10.2 Å². The first-order valence-corrected chi connectivity index (χ1v) is 13.5. The van der Waals surface area contributed by atoms with Crippen LogP contribution in [0.15, 0.2) is 76.5 Å². The Morgan fingerprint density at radius 1 is 1.03 bits per heavy atom. The summed E-state index contributed by atoms with van der Waals surface area (Å²) < 4.78 is 13.6. The fourth-order valence-corrected chi connectivity index (χ4v) is 6.52. The van der Waals surface area contributed by atoms with E-state index in [1.54, 1.807) is 53.4 Å². The van der Waals surface area contributed by atoms with Gasteiger partial charge in [-0.05, 0) is 66.8 Å². The number of rotatable bonds is 4. The van der Waals surface area contributed by atoms with Gasteiger partial charge in [0, 0.05) is 16.6 Å². The van der Waals surface area contributed by atoms with Crippen LogP contribution < -0.4 is 10.2 Å². The smallest absolute Gasteiger partial charge is 0.259 e. The van der Waals surface area contributed by atoms with Crippen molar-refractivity contribution in [2.24, 2.45) is 5.92 Å². The topological polar surface area (TPSA) is 66.5 Å². The molecule has 0 radical (unpaired) electrons. The number of carbonyl (C=O) groups is 2. The highest BCUT2D eigenvalue weighted by Gasteiger charge is 2.32. The van der Waals surface area contributed by atoms with Crippen LogP contribution >= 0.6 is 11.6 Å². The van der Waals surface area contributed by atoms with Crippen molar-refractivity contribution in [3.8, 4) is 0 Å². The number of amides is 2. The Balaban J connectivity index is 1.56. The highest BCUT2D eigenvalue weighted by molar-refractivity contribution is 7.85. The molecule has 1 heterocycles. The van der Waals surface area contributed by atoms with Gasteiger partial charge in [-0.15, -0.1) is 0 Å². The highest BCUT2D eigenvalue weighted by atomic mass is 35.5. The maximum atomic E-state index is 13.7. The van der Waals surface area contributed by atoms with Gasteiger partial charge in [-0.25, -0.2) is 4.21 Å². The van der Waals surface area contributed by atoms with Gasteiger partial charge in [0.1, 0.15) is 0 Å². The monoisotopic (exact) mass is 506 g/mol. The molecule has 2 amide bonds. The molecule has 3 atom stereocenters. The molecular weight excluding hydrogens is 480 g/mol. The summed E-state index contributed by atoms with van der Waals surface area (Å²) in [5.41, 5.74) is 2.17. The maximum Gasteiger partial charge on any atom is 0.259 e. The predicted octanol–water partition coefficient (Wildman–Crippen LogP) is 5.98. The second-order valence-corrected chi connectivity index (χ2v) is 11.2. The van der Waals surface area contributed by atoms with E-state index >= 15 is 0 Å². The van der Waals surface area contributed by atoms with Crippen LogP contribution in [0.5, 0.6) is 0 Å². The Labute approximate surface area is 212 Å². The van der Waals surface area contributed by atoms with Gasteiger partial charge >= 0.3 is 0 Å². The number of nitrogens with one attached hydrogen (secondary N) is 1. The molecule has 0 unspecified atom stereocenters. The highest BCUT2D eigenvalue weighted by Crippen LogP contribution is 2.36. The van der Waals surface area contributed by atoms with E-state index in [-0.39, 0.29) is 24.4 Å². The molecule has 7 heteroatoms. The van der Waals surface area contributed by atoms with Gasteiger partial charge in [-0.1, -0.05) is 55.6 Å². The minimum atomic E-state index is -1.56. The molecule has 0 spiro atoms. The van der Waals surface area contributed by atoms with Gasteiger partial charge in [0.05, 0.1) is 38.4 Å². The van der Waals surface area contributed by atoms with E-state index in [0.29, 0.717) is 37.5 Å². The van der Waals surface area contributed by atoms with Crippen LogP contribution in [0.25, 0.3) is 0 Å². The summed E-state index contributed by atoms with van der Waals surface area (Å²) in [5.74, 6) is -0.00294. The third-order valence-corrected chi connectivity index (χ3v) is 8.67. The largest absolute Gasteiger partial charge is 0.349 e. The summed E-state index contributed by atoms with van der Waals surface area (Å²) >= 11 is 6.20. The molecule has 1 N–H and O–H groups in total. The van der Waals surface area contributed by atoms with Crippen LogP contribution in [-0.2, 0) is 17.3 Å². The number of anilines is 1. The van der Waals surface area contributed by atoms with E-state index in [1.165, 1.54) is 6.42 Å². The second kappa shape index (κ2) is 9.96. The summed E-state index contributed by atoms with van der Waals surface area (Å²) in [5, 5.41) is 3.76. The summed E-state index contributed by atoms with van der Waals surface area (Å²) in [6.07, 6.45) is 4.38. The van der Waals surface area contributed by atoms with Crippen LogP contribution in [0.3, 0.4) is 0 Å². The molecule has 35 heavy (non-hydrogen) atoms. The quantitative estimate of drug-likeness (QED) is 0.473. The summed E-state index contributed by atoms with van der Waals surface area (Å²) in [7, 11) is -1.56. The number of carbonyl (C=O) groups excluding carboxylic acids is 2. The molecule has 180 valence electrons. The Morgan fingerprint density at radius 2 is 1.83 bits per heavy atom. The number of fused-ring (bicyclic) bond motifs is 2. The first-order chi connectivity index (χ1) is 16.9. The molecule has 0 saturated heterocycles. The first kappa shape index (κ1) is 23.8. The van der Waals surface area contributed by atoms with Gasteiger partial charge in [-0.2, -0.15) is 0 Å².